The molecule has 0 atom stereocenters. The van der Waals surface area contributed by atoms with Gasteiger partial charge in [-0.15, -0.1) is 10.2 Å². The average Bonchev–Trinajstić information content (AvgIpc) is 3.28. The van der Waals surface area contributed by atoms with Gasteiger partial charge < -0.3 is 9.64 Å². The van der Waals surface area contributed by atoms with Crippen LogP contribution in [0.1, 0.15) is 6.92 Å². The van der Waals surface area contributed by atoms with E-state index in [-0.39, 0.29) is 11.7 Å². The number of anilines is 1. The maximum atomic E-state index is 13.0. The van der Waals surface area contributed by atoms with Gasteiger partial charge in [-0.1, -0.05) is 60.3 Å². The first-order chi connectivity index (χ1) is 15.7. The van der Waals surface area contributed by atoms with Gasteiger partial charge in [-0.2, -0.15) is 0 Å². The van der Waals surface area contributed by atoms with E-state index in [1.54, 1.807) is 12.0 Å². The molecule has 3 aromatic carbocycles. The molecular weight excluding hydrogens is 420 g/mol. The minimum absolute atomic E-state index is 0.0224. The number of hydrogen-bond donors (Lipinski definition) is 0. The summed E-state index contributed by atoms with van der Waals surface area (Å²) in [6.07, 6.45) is 0. The van der Waals surface area contributed by atoms with Crippen LogP contribution in [0.2, 0.25) is 0 Å². The van der Waals surface area contributed by atoms with Crippen LogP contribution in [0.4, 0.5) is 5.69 Å². The van der Waals surface area contributed by atoms with Gasteiger partial charge in [0.05, 0.1) is 12.9 Å². The SMILES string of the molecule is CCN(C(=O)CSc1nnc(-c2cccc(OC)c2)n1-c1ccccc1)c1ccccc1. The van der Waals surface area contributed by atoms with Crippen molar-refractivity contribution in [2.75, 3.05) is 24.3 Å². The molecule has 1 heterocycles. The molecule has 0 N–H and O–H groups in total. The van der Waals surface area contributed by atoms with E-state index in [4.69, 9.17) is 4.74 Å². The molecule has 4 aromatic rings. The van der Waals surface area contributed by atoms with Crippen LogP contribution in [0.25, 0.3) is 17.1 Å². The Labute approximate surface area is 191 Å². The highest BCUT2D eigenvalue weighted by atomic mass is 32.2. The van der Waals surface area contributed by atoms with Crippen molar-refractivity contribution in [1.82, 2.24) is 14.8 Å². The lowest BCUT2D eigenvalue weighted by molar-refractivity contribution is -0.116. The fraction of sp³-hybridized carbons (Fsp3) is 0.160. The Bertz CT molecular complexity index is 1180. The zero-order valence-corrected chi connectivity index (χ0v) is 18.8. The number of amides is 1. The smallest absolute Gasteiger partial charge is 0.237 e. The van der Waals surface area contributed by atoms with Crippen molar-refractivity contribution >= 4 is 23.4 Å². The summed E-state index contributed by atoms with van der Waals surface area (Å²) in [6.45, 7) is 2.58. The second-order valence-corrected chi connectivity index (χ2v) is 7.91. The van der Waals surface area contributed by atoms with Gasteiger partial charge in [-0.25, -0.2) is 0 Å². The van der Waals surface area contributed by atoms with Crippen LogP contribution in [0.5, 0.6) is 5.75 Å². The number of hydrogen-bond acceptors (Lipinski definition) is 5. The molecule has 32 heavy (non-hydrogen) atoms. The highest BCUT2D eigenvalue weighted by Crippen LogP contribution is 2.30. The van der Waals surface area contributed by atoms with Crippen molar-refractivity contribution in [2.24, 2.45) is 0 Å². The molecule has 0 aliphatic carbocycles. The fourth-order valence-corrected chi connectivity index (χ4v) is 4.27. The lowest BCUT2D eigenvalue weighted by Gasteiger charge is -2.20. The van der Waals surface area contributed by atoms with E-state index in [1.807, 2.05) is 96.4 Å². The summed E-state index contributed by atoms with van der Waals surface area (Å²) < 4.78 is 7.35. The van der Waals surface area contributed by atoms with E-state index in [0.717, 1.165) is 22.7 Å². The van der Waals surface area contributed by atoms with Gasteiger partial charge in [-0.3, -0.25) is 9.36 Å². The van der Waals surface area contributed by atoms with Crippen LogP contribution >= 0.6 is 11.8 Å². The molecule has 1 aromatic heterocycles. The standard InChI is InChI=1S/C25H24N4O2S/c1-3-28(20-12-6-4-7-13-20)23(30)18-32-25-27-26-24(19-11-10-16-22(17-19)31-2)29(25)21-14-8-5-9-15-21/h4-17H,3,18H2,1-2H3. The van der Waals surface area contributed by atoms with Crippen molar-refractivity contribution in [3.8, 4) is 22.8 Å². The van der Waals surface area contributed by atoms with Crippen LogP contribution in [-0.4, -0.2) is 40.1 Å². The maximum Gasteiger partial charge on any atom is 0.237 e. The second-order valence-electron chi connectivity index (χ2n) is 6.97. The molecule has 0 unspecified atom stereocenters. The molecular formula is C25H24N4O2S. The zero-order valence-electron chi connectivity index (χ0n) is 18.0. The van der Waals surface area contributed by atoms with Crippen molar-refractivity contribution in [3.05, 3.63) is 84.9 Å². The van der Waals surface area contributed by atoms with Gasteiger partial charge in [0.25, 0.3) is 0 Å². The third-order valence-electron chi connectivity index (χ3n) is 4.99. The molecule has 0 bridgehead atoms. The van der Waals surface area contributed by atoms with Crippen molar-refractivity contribution in [1.29, 1.82) is 0 Å². The number of thioether (sulfide) groups is 1. The average molecular weight is 445 g/mol. The van der Waals surface area contributed by atoms with Crippen LogP contribution in [0.15, 0.2) is 90.1 Å². The number of carbonyl (C=O) groups is 1. The highest BCUT2D eigenvalue weighted by molar-refractivity contribution is 7.99. The first-order valence-corrected chi connectivity index (χ1v) is 11.3. The largest absolute Gasteiger partial charge is 0.497 e. The van der Waals surface area contributed by atoms with Crippen LogP contribution in [0.3, 0.4) is 0 Å². The van der Waals surface area contributed by atoms with Gasteiger partial charge >= 0.3 is 0 Å². The Kier molecular flexibility index (Phi) is 6.87. The van der Waals surface area contributed by atoms with E-state index in [9.17, 15) is 4.79 Å². The van der Waals surface area contributed by atoms with E-state index < -0.39 is 0 Å². The Hall–Kier alpha value is -3.58. The van der Waals surface area contributed by atoms with E-state index >= 15 is 0 Å². The van der Waals surface area contributed by atoms with Crippen molar-refractivity contribution in [2.45, 2.75) is 12.1 Å². The Morgan fingerprint density at radius 1 is 0.969 bits per heavy atom. The molecule has 0 aliphatic rings. The number of para-hydroxylation sites is 2. The molecule has 7 heteroatoms. The summed E-state index contributed by atoms with van der Waals surface area (Å²) in [4.78, 5) is 14.8. The van der Waals surface area contributed by atoms with Gasteiger partial charge in [0.1, 0.15) is 5.75 Å². The number of carbonyl (C=O) groups excluding carboxylic acids is 1. The van der Waals surface area contributed by atoms with E-state index in [2.05, 4.69) is 10.2 Å². The van der Waals surface area contributed by atoms with Crippen molar-refractivity contribution in [3.63, 3.8) is 0 Å². The number of ether oxygens (including phenoxy) is 1. The fourth-order valence-electron chi connectivity index (χ4n) is 3.44. The Balaban J connectivity index is 1.64. The molecule has 6 nitrogen and oxygen atoms in total. The van der Waals surface area contributed by atoms with E-state index in [1.165, 1.54) is 11.8 Å². The molecule has 0 spiro atoms. The van der Waals surface area contributed by atoms with Crippen LogP contribution in [0, 0.1) is 0 Å². The number of rotatable bonds is 8. The van der Waals surface area contributed by atoms with Gasteiger partial charge in [0.15, 0.2) is 11.0 Å². The summed E-state index contributed by atoms with van der Waals surface area (Å²) >= 11 is 1.38. The summed E-state index contributed by atoms with van der Waals surface area (Å²) in [6, 6.07) is 27.3. The third-order valence-corrected chi connectivity index (χ3v) is 5.90. The molecule has 1 amide bonds. The van der Waals surface area contributed by atoms with E-state index in [0.29, 0.717) is 17.5 Å². The maximum absolute atomic E-state index is 13.0. The minimum Gasteiger partial charge on any atom is -0.497 e. The number of aromatic nitrogens is 3. The summed E-state index contributed by atoms with van der Waals surface area (Å²) in [5.74, 6) is 1.72. The second kappa shape index (κ2) is 10.2. The van der Waals surface area contributed by atoms with Crippen molar-refractivity contribution < 1.29 is 9.53 Å². The Morgan fingerprint density at radius 2 is 1.69 bits per heavy atom. The van der Waals surface area contributed by atoms with Crippen LogP contribution < -0.4 is 9.64 Å². The van der Waals surface area contributed by atoms with Gasteiger partial charge in [0, 0.05) is 23.5 Å². The van der Waals surface area contributed by atoms with Gasteiger partial charge in [0.2, 0.25) is 5.91 Å². The lowest BCUT2D eigenvalue weighted by Crippen LogP contribution is -2.32. The predicted molar refractivity (Wildman–Crippen MR) is 129 cm³/mol. The number of methoxy groups -OCH3 is 1. The topological polar surface area (TPSA) is 60.3 Å². The first-order valence-electron chi connectivity index (χ1n) is 10.3. The first kappa shape index (κ1) is 21.6. The monoisotopic (exact) mass is 444 g/mol. The highest BCUT2D eigenvalue weighted by Gasteiger charge is 2.20. The van der Waals surface area contributed by atoms with Gasteiger partial charge in [-0.05, 0) is 43.3 Å². The molecule has 162 valence electrons. The summed E-state index contributed by atoms with van der Waals surface area (Å²) in [5, 5.41) is 9.53. The zero-order chi connectivity index (χ0) is 22.3. The summed E-state index contributed by atoms with van der Waals surface area (Å²) in [7, 11) is 1.64. The predicted octanol–water partition coefficient (Wildman–Crippen LogP) is 5.09. The lowest BCUT2D eigenvalue weighted by atomic mass is 10.2. The minimum atomic E-state index is 0.0224. The quantitative estimate of drug-likeness (QED) is 0.354. The molecule has 0 radical (unpaired) electrons. The molecule has 4 rings (SSSR count). The molecule has 0 aliphatic heterocycles. The van der Waals surface area contributed by atoms with Crippen LogP contribution in [-0.2, 0) is 4.79 Å². The number of benzene rings is 3. The normalized spacial score (nSPS) is 10.7. The molecule has 0 saturated carbocycles. The third kappa shape index (κ3) is 4.68. The molecule has 0 saturated heterocycles. The Morgan fingerprint density at radius 3 is 2.38 bits per heavy atom. The summed E-state index contributed by atoms with van der Waals surface area (Å²) in [5.41, 5.74) is 2.71. The molecule has 0 fully saturated rings. The number of nitrogens with zero attached hydrogens (tertiary/aromatic N) is 4.